The van der Waals surface area contributed by atoms with Crippen molar-refractivity contribution in [2.75, 3.05) is 0 Å². The van der Waals surface area contributed by atoms with Gasteiger partial charge in [0.25, 0.3) is 0 Å². The van der Waals surface area contributed by atoms with Gasteiger partial charge in [-0.25, -0.2) is 0 Å². The molecular formula is C14H17OSn. The maximum Gasteiger partial charge on any atom is -0.412 e. The third-order valence-electron chi connectivity index (χ3n) is 2.60. The van der Waals surface area contributed by atoms with Gasteiger partial charge in [0.05, 0.1) is 0 Å². The Morgan fingerprint density at radius 1 is 0.750 bits per heavy atom. The van der Waals surface area contributed by atoms with Crippen molar-refractivity contribution in [1.82, 2.24) is 0 Å². The first kappa shape index (κ1) is 13.3. The van der Waals surface area contributed by atoms with Crippen molar-refractivity contribution in [2.45, 2.75) is 11.4 Å². The molecule has 0 aliphatic rings. The van der Waals surface area contributed by atoms with Crippen LogP contribution in [0, 0.1) is 0 Å². The summed E-state index contributed by atoms with van der Waals surface area (Å²) in [6, 6.07) is 22.0. The van der Waals surface area contributed by atoms with E-state index in [1.807, 2.05) is 0 Å². The van der Waals surface area contributed by atoms with Crippen LogP contribution in [0.2, 0.25) is 4.44 Å². The minimum absolute atomic E-state index is 0. The van der Waals surface area contributed by atoms with E-state index in [9.17, 15) is 0 Å². The Morgan fingerprint density at radius 2 is 1.12 bits per heavy atom. The molecule has 2 aromatic rings. The molecule has 0 fully saturated rings. The Bertz CT molecular complexity index is 360. The van der Waals surface area contributed by atoms with Crippen LogP contribution in [-0.4, -0.2) is 25.2 Å². The van der Waals surface area contributed by atoms with Gasteiger partial charge in [-0.05, 0) is 0 Å². The molecular weight excluding hydrogens is 303 g/mol. The Labute approximate surface area is 104 Å². The Kier molecular flexibility index (Phi) is 5.56. The van der Waals surface area contributed by atoms with E-state index >= 15 is 0 Å². The van der Waals surface area contributed by atoms with Crippen LogP contribution in [0.25, 0.3) is 0 Å². The number of rotatable bonds is 3. The smallest absolute Gasteiger partial charge is 0.412 e. The molecule has 0 saturated heterocycles. The van der Waals surface area contributed by atoms with Gasteiger partial charge in [0, 0.05) is 0 Å². The summed E-state index contributed by atoms with van der Waals surface area (Å²) in [6.45, 7) is 2.33. The molecule has 0 aliphatic heterocycles. The normalized spacial score (nSPS) is 9.88. The van der Waals surface area contributed by atoms with Crippen LogP contribution >= 0.6 is 0 Å². The predicted octanol–water partition coefficient (Wildman–Crippen LogP) is 1.49. The van der Waals surface area contributed by atoms with Crippen LogP contribution < -0.4 is 7.16 Å². The van der Waals surface area contributed by atoms with E-state index in [4.69, 9.17) is 0 Å². The molecule has 0 bridgehead atoms. The summed E-state index contributed by atoms with van der Waals surface area (Å²) in [5.41, 5.74) is 0. The molecule has 83 valence electrons. The SMILES string of the molecule is C[CH2][Sn]([c]1ccccc1)[c]1ccccc1.O. The molecule has 0 aliphatic carbocycles. The zero-order valence-electron chi connectivity index (χ0n) is 9.48. The molecule has 0 amide bonds. The molecule has 1 nitrogen and oxygen atoms in total. The quantitative estimate of drug-likeness (QED) is 0.768. The Morgan fingerprint density at radius 3 is 1.44 bits per heavy atom. The van der Waals surface area contributed by atoms with Crippen molar-refractivity contribution >= 4 is 26.9 Å². The van der Waals surface area contributed by atoms with Crippen LogP contribution in [0.15, 0.2) is 60.7 Å². The van der Waals surface area contributed by atoms with E-state index in [1.54, 1.807) is 7.16 Å². The van der Waals surface area contributed by atoms with Gasteiger partial charge in [0.15, 0.2) is 0 Å². The largest absolute Gasteiger partial charge is 0.412 e. The second kappa shape index (κ2) is 6.71. The van der Waals surface area contributed by atoms with Crippen LogP contribution in [0.3, 0.4) is 0 Å². The molecule has 16 heavy (non-hydrogen) atoms. The van der Waals surface area contributed by atoms with Gasteiger partial charge in [-0.15, -0.1) is 0 Å². The van der Waals surface area contributed by atoms with Crippen molar-refractivity contribution in [1.29, 1.82) is 0 Å². The summed E-state index contributed by atoms with van der Waals surface area (Å²) in [7, 11) is 0. The van der Waals surface area contributed by atoms with Gasteiger partial charge < -0.3 is 5.48 Å². The summed E-state index contributed by atoms with van der Waals surface area (Å²) in [4.78, 5) is 0. The fraction of sp³-hybridized carbons (Fsp3) is 0.143. The van der Waals surface area contributed by atoms with E-state index in [-0.39, 0.29) is 5.48 Å². The zero-order valence-corrected chi connectivity index (χ0v) is 12.3. The minimum Gasteiger partial charge on any atom is -0.412 e. The molecule has 0 atom stereocenters. The molecule has 0 aromatic heterocycles. The van der Waals surface area contributed by atoms with Gasteiger partial charge in [0.1, 0.15) is 0 Å². The van der Waals surface area contributed by atoms with Crippen molar-refractivity contribution < 1.29 is 5.48 Å². The number of benzene rings is 2. The maximum atomic E-state index is 2.33. The van der Waals surface area contributed by atoms with Crippen LogP contribution in [0.1, 0.15) is 6.92 Å². The molecule has 2 heteroatoms. The van der Waals surface area contributed by atoms with Crippen molar-refractivity contribution in [3.8, 4) is 0 Å². The first-order valence-electron chi connectivity index (χ1n) is 5.38. The number of hydrogen-bond donors (Lipinski definition) is 0. The molecule has 2 N–H and O–H groups in total. The first-order chi connectivity index (χ1) is 7.42. The van der Waals surface area contributed by atoms with Crippen molar-refractivity contribution in [3.63, 3.8) is 0 Å². The molecule has 1 radical (unpaired) electrons. The third kappa shape index (κ3) is 3.09. The topological polar surface area (TPSA) is 31.5 Å². The van der Waals surface area contributed by atoms with Crippen LogP contribution in [0.4, 0.5) is 0 Å². The van der Waals surface area contributed by atoms with Crippen LogP contribution in [0.5, 0.6) is 0 Å². The number of hydrogen-bond acceptors (Lipinski definition) is 0. The zero-order chi connectivity index (χ0) is 10.5. The van der Waals surface area contributed by atoms with E-state index in [1.165, 1.54) is 4.44 Å². The summed E-state index contributed by atoms with van der Waals surface area (Å²) in [6.07, 6.45) is 0. The van der Waals surface area contributed by atoms with E-state index < -0.39 is 19.8 Å². The van der Waals surface area contributed by atoms with E-state index in [0.29, 0.717) is 0 Å². The van der Waals surface area contributed by atoms with E-state index in [0.717, 1.165) is 0 Å². The van der Waals surface area contributed by atoms with Crippen molar-refractivity contribution in [2.24, 2.45) is 0 Å². The Hall–Kier alpha value is -0.801. The fourth-order valence-corrected chi connectivity index (χ4v) is 8.53. The van der Waals surface area contributed by atoms with Gasteiger partial charge in [-0.1, -0.05) is 0 Å². The van der Waals surface area contributed by atoms with Gasteiger partial charge in [-0.2, -0.15) is 0 Å². The summed E-state index contributed by atoms with van der Waals surface area (Å²) in [5.74, 6) is 0. The van der Waals surface area contributed by atoms with E-state index in [2.05, 4.69) is 67.6 Å². The van der Waals surface area contributed by atoms with Gasteiger partial charge >= 0.3 is 98.9 Å². The molecule has 0 spiro atoms. The standard InChI is InChI=1S/2C6H5.C2H5.H2O.Sn/c2*1-2-4-6-5-3-1;1-2;;/h2*1-5H;1H2,2H3;1H2;. The molecule has 2 rings (SSSR count). The summed E-state index contributed by atoms with van der Waals surface area (Å²) < 4.78 is 4.55. The molecule has 0 unspecified atom stereocenters. The average molecular weight is 320 g/mol. The minimum atomic E-state index is -1.54. The summed E-state index contributed by atoms with van der Waals surface area (Å²) in [5, 5.41) is 0. The maximum absolute atomic E-state index is 2.33. The summed E-state index contributed by atoms with van der Waals surface area (Å²) >= 11 is -1.54. The monoisotopic (exact) mass is 321 g/mol. The molecule has 0 heterocycles. The fourth-order valence-electron chi connectivity index (χ4n) is 1.85. The third-order valence-corrected chi connectivity index (χ3v) is 10.5. The second-order valence-corrected chi connectivity index (χ2v) is 11.6. The Balaban J connectivity index is 0.00000128. The van der Waals surface area contributed by atoms with Gasteiger partial charge in [0.2, 0.25) is 0 Å². The first-order valence-corrected chi connectivity index (χ1v) is 10.3. The second-order valence-electron chi connectivity index (χ2n) is 3.56. The molecule has 0 saturated carbocycles. The molecule has 2 aromatic carbocycles. The van der Waals surface area contributed by atoms with Crippen LogP contribution in [-0.2, 0) is 0 Å². The average Bonchev–Trinajstić information content (AvgIpc) is 2.33. The predicted molar refractivity (Wildman–Crippen MR) is 72.0 cm³/mol. The van der Waals surface area contributed by atoms with Gasteiger partial charge in [-0.3, -0.25) is 0 Å². The van der Waals surface area contributed by atoms with Crippen molar-refractivity contribution in [3.05, 3.63) is 60.7 Å².